The first kappa shape index (κ1) is 22.8. The van der Waals surface area contributed by atoms with Crippen molar-refractivity contribution in [2.75, 3.05) is 0 Å². The largest absolute Gasteiger partial charge is 0.456 e. The van der Waals surface area contributed by atoms with Gasteiger partial charge in [-0.05, 0) is 27.9 Å². The van der Waals surface area contributed by atoms with Gasteiger partial charge in [-0.25, -0.2) is 0 Å². The zero-order chi connectivity index (χ0) is 26.7. The summed E-state index contributed by atoms with van der Waals surface area (Å²) < 4.78 is 13.3. The lowest BCUT2D eigenvalue weighted by Crippen LogP contribution is -2.37. The van der Waals surface area contributed by atoms with Gasteiger partial charge >= 0.3 is 0 Å². The minimum absolute atomic E-state index is 0.0649. The summed E-state index contributed by atoms with van der Waals surface area (Å²) in [5.41, 5.74) is 10.6. The summed E-state index contributed by atoms with van der Waals surface area (Å²) in [6, 6.07) is 28.2. The molecule has 0 radical (unpaired) electrons. The lowest BCUT2D eigenvalue weighted by Gasteiger charge is -2.21. The van der Waals surface area contributed by atoms with E-state index in [2.05, 4.69) is 112 Å². The summed E-state index contributed by atoms with van der Waals surface area (Å²) in [5.74, 6) is 0. The Bertz CT molecular complexity index is 2140. The predicted molar refractivity (Wildman–Crippen MR) is 165 cm³/mol. The molecule has 0 saturated heterocycles. The first-order chi connectivity index (χ1) is 18.7. The van der Waals surface area contributed by atoms with Gasteiger partial charge in [0.2, 0.25) is 0 Å². The van der Waals surface area contributed by atoms with E-state index in [-0.39, 0.29) is 5.41 Å². The van der Waals surface area contributed by atoms with Crippen LogP contribution in [-0.4, -0.2) is 13.1 Å². The van der Waals surface area contributed by atoms with E-state index in [9.17, 15) is 0 Å². The van der Waals surface area contributed by atoms with Gasteiger partial charge in [0.15, 0.2) is 0 Å². The number of para-hydroxylation sites is 2. The molecule has 1 aliphatic carbocycles. The van der Waals surface area contributed by atoms with Crippen LogP contribution in [0.25, 0.3) is 66.3 Å². The maximum absolute atomic E-state index is 6.80. The predicted octanol–water partition coefficient (Wildman–Crippen LogP) is 9.40. The molecule has 0 bridgehead atoms. The Morgan fingerprint density at radius 2 is 1.36 bits per heavy atom. The molecule has 0 atom stereocenters. The van der Waals surface area contributed by atoms with Crippen LogP contribution in [0.5, 0.6) is 0 Å². The van der Waals surface area contributed by atoms with E-state index in [0.717, 1.165) is 55.1 Å². The summed E-state index contributed by atoms with van der Waals surface area (Å²) in [5, 5.41) is 5.79. The molecule has 39 heavy (non-hydrogen) atoms. The van der Waals surface area contributed by atoms with E-state index in [4.69, 9.17) is 13.8 Å². The number of furan rings is 2. The molecule has 1 aliphatic rings. The molecule has 3 nitrogen and oxygen atoms in total. The highest BCUT2D eigenvalue weighted by Crippen LogP contribution is 2.52. The van der Waals surface area contributed by atoms with Crippen LogP contribution in [0.1, 0.15) is 25.0 Å². The molecule has 4 aromatic carbocycles. The lowest BCUT2D eigenvalue weighted by atomic mass is 9.82. The van der Waals surface area contributed by atoms with Crippen molar-refractivity contribution < 1.29 is 8.83 Å². The van der Waals surface area contributed by atoms with Crippen LogP contribution >= 0.6 is 0 Å². The molecule has 8 rings (SSSR count). The van der Waals surface area contributed by atoms with Crippen LogP contribution in [0.2, 0.25) is 19.6 Å². The van der Waals surface area contributed by atoms with Gasteiger partial charge in [0, 0.05) is 50.4 Å². The maximum Gasteiger partial charge on any atom is 0.144 e. The van der Waals surface area contributed by atoms with Gasteiger partial charge in [0.05, 0.1) is 13.8 Å². The number of rotatable bonds is 2. The fourth-order valence-electron chi connectivity index (χ4n) is 6.67. The monoisotopic (exact) mass is 523 g/mol. The summed E-state index contributed by atoms with van der Waals surface area (Å²) in [4.78, 5) is 4.93. The molecule has 7 aromatic rings. The highest BCUT2D eigenvalue weighted by molar-refractivity contribution is 6.90. The number of benzene rings is 4. The van der Waals surface area contributed by atoms with Gasteiger partial charge in [-0.2, -0.15) is 0 Å². The molecular formula is C35H29NO2Si. The van der Waals surface area contributed by atoms with Gasteiger partial charge in [-0.1, -0.05) is 100 Å². The zero-order valence-corrected chi connectivity index (χ0v) is 23.8. The Morgan fingerprint density at radius 3 is 2.18 bits per heavy atom. The Morgan fingerprint density at radius 1 is 0.641 bits per heavy atom. The molecule has 3 heterocycles. The van der Waals surface area contributed by atoms with Crippen LogP contribution in [-0.2, 0) is 5.41 Å². The van der Waals surface area contributed by atoms with Crippen molar-refractivity contribution in [2.45, 2.75) is 38.9 Å². The van der Waals surface area contributed by atoms with Gasteiger partial charge in [0.25, 0.3) is 0 Å². The number of hydrogen-bond donors (Lipinski definition) is 0. The number of fused-ring (bicyclic) bond motifs is 10. The third-order valence-corrected chi connectivity index (χ3v) is 10.7. The minimum atomic E-state index is -1.57. The molecule has 3 aromatic heterocycles. The van der Waals surface area contributed by atoms with Crippen LogP contribution in [0.4, 0.5) is 0 Å². The Kier molecular flexibility index (Phi) is 4.38. The van der Waals surface area contributed by atoms with Crippen molar-refractivity contribution in [3.8, 4) is 22.4 Å². The molecule has 190 valence electrons. The fourth-order valence-corrected chi connectivity index (χ4v) is 8.14. The van der Waals surface area contributed by atoms with Crippen LogP contribution in [0, 0.1) is 0 Å². The average molecular weight is 524 g/mol. The smallest absolute Gasteiger partial charge is 0.144 e. The third-order valence-electron chi connectivity index (χ3n) is 8.68. The molecule has 0 fully saturated rings. The summed E-state index contributed by atoms with van der Waals surface area (Å²) in [7, 11) is -1.57. The van der Waals surface area contributed by atoms with Gasteiger partial charge < -0.3 is 8.83 Å². The number of pyridine rings is 1. The van der Waals surface area contributed by atoms with Gasteiger partial charge in [-0.15, -0.1) is 0 Å². The van der Waals surface area contributed by atoms with Crippen LogP contribution in [0.3, 0.4) is 0 Å². The Hall–Kier alpha value is -4.15. The molecule has 0 N–H and O–H groups in total. The van der Waals surface area contributed by atoms with E-state index in [1.807, 2.05) is 6.20 Å². The second kappa shape index (κ2) is 7.49. The van der Waals surface area contributed by atoms with Crippen LogP contribution in [0.15, 0.2) is 93.9 Å². The molecule has 0 spiro atoms. The standard InChI is InChI=1S/C35H29NO2Si/c1-35(2)26-14-7-6-10-23(26)31-27(35)17-16-22-20-11-8-13-24(32(20)38-34(22)31)28-18-29-25(19-36-28)21-12-9-15-30(33(21)37-29)39(3,4)5/h6-19H,1-5H3. The van der Waals surface area contributed by atoms with E-state index in [1.165, 1.54) is 27.4 Å². The number of nitrogens with zero attached hydrogens (tertiary/aromatic N) is 1. The second-order valence-corrected chi connectivity index (χ2v) is 17.5. The second-order valence-electron chi connectivity index (χ2n) is 12.4. The fraction of sp³-hybridized carbons (Fsp3) is 0.171. The van der Waals surface area contributed by atoms with Gasteiger partial charge in [-0.3, -0.25) is 4.98 Å². The maximum atomic E-state index is 6.80. The van der Waals surface area contributed by atoms with Crippen molar-refractivity contribution in [1.29, 1.82) is 0 Å². The lowest BCUT2D eigenvalue weighted by molar-refractivity contribution is 0.653. The van der Waals surface area contributed by atoms with E-state index in [0.29, 0.717) is 0 Å². The first-order valence-corrected chi connectivity index (χ1v) is 17.1. The number of hydrogen-bond acceptors (Lipinski definition) is 3. The number of aromatic nitrogens is 1. The van der Waals surface area contributed by atoms with Crippen molar-refractivity contribution >= 4 is 57.1 Å². The Labute approximate surface area is 228 Å². The van der Waals surface area contributed by atoms with E-state index in [1.54, 1.807) is 0 Å². The van der Waals surface area contributed by atoms with Crippen molar-refractivity contribution in [2.24, 2.45) is 0 Å². The molecule has 4 heteroatoms. The topological polar surface area (TPSA) is 39.2 Å². The molecule has 0 unspecified atom stereocenters. The van der Waals surface area contributed by atoms with E-state index >= 15 is 0 Å². The molecule has 0 aliphatic heterocycles. The third kappa shape index (κ3) is 3.01. The average Bonchev–Trinajstić information content (AvgIpc) is 3.56. The van der Waals surface area contributed by atoms with Crippen LogP contribution < -0.4 is 5.19 Å². The summed E-state index contributed by atoms with van der Waals surface area (Å²) in [6.07, 6.45) is 1.96. The van der Waals surface area contributed by atoms with Crippen molar-refractivity contribution in [3.63, 3.8) is 0 Å². The normalized spacial score (nSPS) is 14.5. The quantitative estimate of drug-likeness (QED) is 0.212. The summed E-state index contributed by atoms with van der Waals surface area (Å²) in [6.45, 7) is 11.7. The Balaban J connectivity index is 1.38. The highest BCUT2D eigenvalue weighted by atomic mass is 28.3. The molecule has 0 saturated carbocycles. The molecule has 0 amide bonds. The minimum Gasteiger partial charge on any atom is -0.456 e. The highest BCUT2D eigenvalue weighted by Gasteiger charge is 2.37. The van der Waals surface area contributed by atoms with Gasteiger partial charge in [0.1, 0.15) is 22.3 Å². The van der Waals surface area contributed by atoms with E-state index < -0.39 is 8.07 Å². The van der Waals surface area contributed by atoms with Crippen molar-refractivity contribution in [3.05, 3.63) is 96.2 Å². The SMILES string of the molecule is CC1(C)c2ccccc2-c2c1ccc1c2oc2c(-c3cc4oc5c([Si](C)(C)C)cccc5c4cn3)cccc21. The van der Waals surface area contributed by atoms with Crippen molar-refractivity contribution in [1.82, 2.24) is 4.98 Å². The summed E-state index contributed by atoms with van der Waals surface area (Å²) >= 11 is 0. The zero-order valence-electron chi connectivity index (χ0n) is 22.8. The molecular weight excluding hydrogens is 494 g/mol. The first-order valence-electron chi connectivity index (χ1n) is 13.6.